The fraction of sp³-hybridized carbons (Fsp3) is 0.400. The SMILES string of the molecule is CC(CC(=O)O)NC(=O)c1ccc(CN)o1. The maximum absolute atomic E-state index is 11.5. The van der Waals surface area contributed by atoms with Crippen molar-refractivity contribution in [2.45, 2.75) is 25.9 Å². The number of nitrogens with one attached hydrogen (secondary N) is 1. The minimum Gasteiger partial charge on any atom is -0.481 e. The van der Waals surface area contributed by atoms with Crippen molar-refractivity contribution in [3.63, 3.8) is 0 Å². The van der Waals surface area contributed by atoms with Gasteiger partial charge in [-0.05, 0) is 19.1 Å². The van der Waals surface area contributed by atoms with Crippen molar-refractivity contribution in [2.24, 2.45) is 5.73 Å². The summed E-state index contributed by atoms with van der Waals surface area (Å²) >= 11 is 0. The average molecular weight is 226 g/mol. The van der Waals surface area contributed by atoms with Crippen molar-refractivity contribution in [2.75, 3.05) is 0 Å². The first-order valence-corrected chi connectivity index (χ1v) is 4.84. The standard InChI is InChI=1S/C10H14N2O4/c1-6(4-9(13)14)12-10(15)8-3-2-7(5-11)16-8/h2-3,6H,4-5,11H2,1H3,(H,12,15)(H,13,14). The largest absolute Gasteiger partial charge is 0.481 e. The van der Waals surface area contributed by atoms with Gasteiger partial charge in [0.25, 0.3) is 5.91 Å². The third-order valence-electron chi connectivity index (χ3n) is 1.94. The average Bonchev–Trinajstić information content (AvgIpc) is 2.64. The minimum atomic E-state index is -0.963. The minimum absolute atomic E-state index is 0.129. The monoisotopic (exact) mass is 226 g/mol. The van der Waals surface area contributed by atoms with Gasteiger partial charge in [-0.15, -0.1) is 0 Å². The number of aliphatic carboxylic acids is 1. The summed E-state index contributed by atoms with van der Waals surface area (Å²) in [5, 5.41) is 11.0. The lowest BCUT2D eigenvalue weighted by Gasteiger charge is -2.09. The molecule has 4 N–H and O–H groups in total. The van der Waals surface area contributed by atoms with Crippen LogP contribution in [0, 0.1) is 0 Å². The second-order valence-electron chi connectivity index (χ2n) is 3.44. The van der Waals surface area contributed by atoms with Crippen LogP contribution in [0.25, 0.3) is 0 Å². The molecule has 0 bridgehead atoms. The van der Waals surface area contributed by atoms with E-state index in [1.807, 2.05) is 0 Å². The second kappa shape index (κ2) is 5.32. The molecule has 16 heavy (non-hydrogen) atoms. The Labute approximate surface area is 92.4 Å². The van der Waals surface area contributed by atoms with Gasteiger partial charge in [0.15, 0.2) is 5.76 Å². The van der Waals surface area contributed by atoms with E-state index in [4.69, 9.17) is 15.3 Å². The number of amides is 1. The number of carboxylic acids is 1. The normalized spacial score (nSPS) is 12.1. The molecule has 6 nitrogen and oxygen atoms in total. The smallest absolute Gasteiger partial charge is 0.305 e. The fourth-order valence-corrected chi connectivity index (χ4v) is 1.22. The molecule has 0 aliphatic rings. The van der Waals surface area contributed by atoms with Crippen molar-refractivity contribution >= 4 is 11.9 Å². The highest BCUT2D eigenvalue weighted by Gasteiger charge is 2.15. The summed E-state index contributed by atoms with van der Waals surface area (Å²) in [6.07, 6.45) is -0.129. The third kappa shape index (κ3) is 3.39. The van der Waals surface area contributed by atoms with Gasteiger partial charge in [-0.1, -0.05) is 0 Å². The number of carboxylic acid groups (broad SMARTS) is 1. The van der Waals surface area contributed by atoms with Gasteiger partial charge in [0, 0.05) is 6.04 Å². The molecular formula is C10H14N2O4. The van der Waals surface area contributed by atoms with Crippen LogP contribution in [-0.2, 0) is 11.3 Å². The van der Waals surface area contributed by atoms with E-state index in [1.165, 1.54) is 6.07 Å². The molecule has 0 radical (unpaired) electrons. The summed E-state index contributed by atoms with van der Waals surface area (Å²) in [7, 11) is 0. The number of carbonyl (C=O) groups excluding carboxylic acids is 1. The number of furan rings is 1. The van der Waals surface area contributed by atoms with Gasteiger partial charge in [-0.2, -0.15) is 0 Å². The molecule has 1 heterocycles. The van der Waals surface area contributed by atoms with Crippen LogP contribution in [0.15, 0.2) is 16.5 Å². The zero-order valence-corrected chi connectivity index (χ0v) is 8.90. The van der Waals surface area contributed by atoms with Gasteiger partial charge >= 0.3 is 5.97 Å². The van der Waals surface area contributed by atoms with E-state index in [-0.39, 0.29) is 18.7 Å². The van der Waals surface area contributed by atoms with Gasteiger partial charge in [0.2, 0.25) is 0 Å². The first-order valence-electron chi connectivity index (χ1n) is 4.84. The number of hydrogen-bond donors (Lipinski definition) is 3. The molecule has 0 aliphatic heterocycles. The zero-order valence-electron chi connectivity index (χ0n) is 8.90. The maximum Gasteiger partial charge on any atom is 0.305 e. The maximum atomic E-state index is 11.5. The lowest BCUT2D eigenvalue weighted by Crippen LogP contribution is -2.33. The predicted molar refractivity (Wildman–Crippen MR) is 55.8 cm³/mol. The molecule has 1 unspecified atom stereocenters. The summed E-state index contributed by atoms with van der Waals surface area (Å²) in [4.78, 5) is 21.9. The van der Waals surface area contributed by atoms with Gasteiger partial charge < -0.3 is 20.6 Å². The van der Waals surface area contributed by atoms with Gasteiger partial charge in [0.05, 0.1) is 13.0 Å². The molecule has 1 rings (SSSR count). The Kier molecular flexibility index (Phi) is 4.07. The Bertz CT molecular complexity index is 386. The highest BCUT2D eigenvalue weighted by atomic mass is 16.4. The first kappa shape index (κ1) is 12.3. The van der Waals surface area contributed by atoms with E-state index in [0.717, 1.165) is 0 Å². The number of nitrogens with two attached hydrogens (primary N) is 1. The van der Waals surface area contributed by atoms with Crippen molar-refractivity contribution in [3.8, 4) is 0 Å². The van der Waals surface area contributed by atoms with Crippen LogP contribution in [0.3, 0.4) is 0 Å². The number of rotatable bonds is 5. The van der Waals surface area contributed by atoms with Gasteiger partial charge in [-0.25, -0.2) is 0 Å². The Morgan fingerprint density at radius 2 is 2.25 bits per heavy atom. The fourth-order valence-electron chi connectivity index (χ4n) is 1.22. The highest BCUT2D eigenvalue weighted by molar-refractivity contribution is 5.91. The highest BCUT2D eigenvalue weighted by Crippen LogP contribution is 2.07. The Hall–Kier alpha value is -1.82. The molecule has 0 saturated heterocycles. The zero-order chi connectivity index (χ0) is 12.1. The van der Waals surface area contributed by atoms with Gasteiger partial charge in [-0.3, -0.25) is 9.59 Å². The van der Waals surface area contributed by atoms with Crippen LogP contribution in [0.4, 0.5) is 0 Å². The first-order chi connectivity index (χ1) is 7.52. The van der Waals surface area contributed by atoms with Crippen molar-refractivity contribution in [1.82, 2.24) is 5.32 Å². The van der Waals surface area contributed by atoms with Gasteiger partial charge in [0.1, 0.15) is 5.76 Å². The van der Waals surface area contributed by atoms with Crippen LogP contribution in [0.5, 0.6) is 0 Å². The molecule has 0 fully saturated rings. The molecule has 1 amide bonds. The Morgan fingerprint density at radius 1 is 1.56 bits per heavy atom. The van der Waals surface area contributed by atoms with E-state index in [2.05, 4.69) is 5.32 Å². The summed E-state index contributed by atoms with van der Waals surface area (Å²) in [5.41, 5.74) is 5.33. The van der Waals surface area contributed by atoms with E-state index in [9.17, 15) is 9.59 Å². The summed E-state index contributed by atoms with van der Waals surface area (Å²) in [6.45, 7) is 1.83. The molecule has 1 aromatic rings. The quantitative estimate of drug-likeness (QED) is 0.671. The van der Waals surface area contributed by atoms with Crippen LogP contribution >= 0.6 is 0 Å². The van der Waals surface area contributed by atoms with Crippen LogP contribution in [0.1, 0.15) is 29.7 Å². The third-order valence-corrected chi connectivity index (χ3v) is 1.94. The van der Waals surface area contributed by atoms with E-state index < -0.39 is 17.9 Å². The van der Waals surface area contributed by atoms with E-state index in [0.29, 0.717) is 5.76 Å². The lowest BCUT2D eigenvalue weighted by molar-refractivity contribution is -0.137. The molecule has 88 valence electrons. The molecule has 6 heteroatoms. The summed E-state index contributed by atoms with van der Waals surface area (Å²) in [5.74, 6) is -0.753. The van der Waals surface area contributed by atoms with Crippen LogP contribution < -0.4 is 11.1 Å². The Morgan fingerprint density at radius 3 is 2.75 bits per heavy atom. The van der Waals surface area contributed by atoms with E-state index in [1.54, 1.807) is 13.0 Å². The van der Waals surface area contributed by atoms with E-state index >= 15 is 0 Å². The molecule has 0 aromatic carbocycles. The molecular weight excluding hydrogens is 212 g/mol. The Balaban J connectivity index is 2.54. The van der Waals surface area contributed by atoms with Crippen molar-refractivity contribution in [1.29, 1.82) is 0 Å². The number of carbonyl (C=O) groups is 2. The summed E-state index contributed by atoms with van der Waals surface area (Å²) < 4.78 is 5.12. The molecule has 0 aliphatic carbocycles. The molecule has 0 saturated carbocycles. The number of hydrogen-bond acceptors (Lipinski definition) is 4. The van der Waals surface area contributed by atoms with Crippen molar-refractivity contribution in [3.05, 3.63) is 23.7 Å². The van der Waals surface area contributed by atoms with Crippen LogP contribution in [-0.4, -0.2) is 23.0 Å². The van der Waals surface area contributed by atoms with Crippen LogP contribution in [0.2, 0.25) is 0 Å². The summed E-state index contributed by atoms with van der Waals surface area (Å²) in [6, 6.07) is 2.67. The predicted octanol–water partition coefficient (Wildman–Crippen LogP) is 0.331. The lowest BCUT2D eigenvalue weighted by atomic mass is 10.2. The molecule has 1 aromatic heterocycles. The molecule has 1 atom stereocenters. The van der Waals surface area contributed by atoms with Crippen molar-refractivity contribution < 1.29 is 19.1 Å². The topological polar surface area (TPSA) is 106 Å². The molecule has 0 spiro atoms. The second-order valence-corrected chi connectivity index (χ2v) is 3.44.